The minimum absolute atomic E-state index is 0.0148. The largest absolute Gasteiger partial charge is 0.435 e. The lowest BCUT2D eigenvalue weighted by molar-refractivity contribution is -0.276. The minimum atomic E-state index is -5.38. The third kappa shape index (κ3) is 4.71. The first-order valence-electron chi connectivity index (χ1n) is 11.5. The number of ether oxygens (including phenoxy) is 1. The zero-order valence-corrected chi connectivity index (χ0v) is 21.9. The SMILES string of the molecule is CS(=O)(=O)CC(=O)N1CC2(C1)OCc1cc(C3=NOC(c4cc(C(F)(F)F)cc(Cl)c4F)(C(F)(F)F)C3)ccc12. The summed E-state index contributed by atoms with van der Waals surface area (Å²) in [5, 5.41) is 2.33. The molecule has 40 heavy (non-hydrogen) atoms. The highest BCUT2D eigenvalue weighted by Crippen LogP contribution is 2.52. The summed E-state index contributed by atoms with van der Waals surface area (Å²) in [5.41, 5.74) is -6.49. The van der Waals surface area contributed by atoms with Crippen LogP contribution in [0.3, 0.4) is 0 Å². The molecule has 0 radical (unpaired) electrons. The van der Waals surface area contributed by atoms with E-state index in [1.165, 1.54) is 17.0 Å². The molecule has 16 heteroatoms. The number of hydrogen-bond donors (Lipinski definition) is 0. The summed E-state index contributed by atoms with van der Waals surface area (Å²) in [6.45, 7) is 0.169. The molecule has 1 fully saturated rings. The molecular weight excluding hydrogens is 597 g/mol. The van der Waals surface area contributed by atoms with Crippen LogP contribution in [-0.2, 0) is 48.2 Å². The van der Waals surface area contributed by atoms with Crippen molar-refractivity contribution in [2.45, 2.75) is 36.6 Å². The van der Waals surface area contributed by atoms with Crippen LogP contribution < -0.4 is 0 Å². The van der Waals surface area contributed by atoms with E-state index in [9.17, 15) is 43.9 Å². The van der Waals surface area contributed by atoms with Crippen LogP contribution in [0.1, 0.15) is 34.2 Å². The number of carbonyl (C=O) groups is 1. The topological polar surface area (TPSA) is 85.3 Å². The Bertz CT molecular complexity index is 1550. The number of amides is 1. The van der Waals surface area contributed by atoms with Crippen molar-refractivity contribution in [1.82, 2.24) is 4.90 Å². The van der Waals surface area contributed by atoms with Crippen molar-refractivity contribution in [3.63, 3.8) is 0 Å². The molecule has 216 valence electrons. The number of likely N-dealkylation sites (tertiary alicyclic amines) is 1. The maximum Gasteiger partial charge on any atom is 0.435 e. The van der Waals surface area contributed by atoms with Crippen LogP contribution in [0, 0.1) is 5.82 Å². The molecule has 1 spiro atoms. The van der Waals surface area contributed by atoms with Crippen molar-refractivity contribution >= 4 is 33.1 Å². The Kier molecular flexibility index (Phi) is 6.47. The van der Waals surface area contributed by atoms with Gasteiger partial charge >= 0.3 is 12.4 Å². The van der Waals surface area contributed by atoms with Gasteiger partial charge in [-0.05, 0) is 34.9 Å². The van der Waals surface area contributed by atoms with E-state index in [2.05, 4.69) is 5.16 Å². The average Bonchev–Trinajstić information content (AvgIpc) is 3.40. The third-order valence-corrected chi connectivity index (χ3v) is 8.09. The number of fused-ring (bicyclic) bond motifs is 2. The lowest BCUT2D eigenvalue weighted by Crippen LogP contribution is -2.62. The van der Waals surface area contributed by atoms with Gasteiger partial charge in [0.1, 0.15) is 17.2 Å². The Labute approximate surface area is 227 Å². The first-order valence-corrected chi connectivity index (χ1v) is 13.9. The molecule has 1 unspecified atom stereocenters. The summed E-state index contributed by atoms with van der Waals surface area (Å²) < 4.78 is 126. The molecule has 0 aromatic heterocycles. The number of sulfone groups is 1. The van der Waals surface area contributed by atoms with Gasteiger partial charge in [0.25, 0.3) is 5.60 Å². The summed E-state index contributed by atoms with van der Waals surface area (Å²) >= 11 is 5.54. The molecule has 7 nitrogen and oxygen atoms in total. The quantitative estimate of drug-likeness (QED) is 0.467. The number of carbonyl (C=O) groups excluding carboxylic acids is 1. The number of alkyl halides is 6. The number of halogens is 8. The van der Waals surface area contributed by atoms with Crippen LogP contribution >= 0.6 is 11.6 Å². The zero-order valence-electron chi connectivity index (χ0n) is 20.3. The van der Waals surface area contributed by atoms with Crippen LogP contribution in [0.15, 0.2) is 35.5 Å². The number of oxime groups is 1. The highest BCUT2D eigenvalue weighted by atomic mass is 35.5. The van der Waals surface area contributed by atoms with Gasteiger partial charge in [0.15, 0.2) is 9.84 Å². The van der Waals surface area contributed by atoms with Gasteiger partial charge in [0.05, 0.1) is 42.4 Å². The molecule has 2 aromatic rings. The second-order valence-corrected chi connectivity index (χ2v) is 12.5. The normalized spacial score (nSPS) is 22.1. The Hall–Kier alpha value is -2.91. The van der Waals surface area contributed by atoms with Crippen molar-refractivity contribution in [3.8, 4) is 0 Å². The van der Waals surface area contributed by atoms with Crippen LogP contribution in [0.4, 0.5) is 30.7 Å². The second kappa shape index (κ2) is 9.05. The smallest absolute Gasteiger partial charge is 0.374 e. The third-order valence-electron chi connectivity index (χ3n) is 7.04. The molecule has 0 bridgehead atoms. The monoisotopic (exact) mass is 614 g/mol. The van der Waals surface area contributed by atoms with Crippen LogP contribution in [0.25, 0.3) is 0 Å². The molecule has 1 saturated heterocycles. The Morgan fingerprint density at radius 1 is 1.10 bits per heavy atom. The summed E-state index contributed by atoms with van der Waals surface area (Å²) in [6, 6.07) is 4.62. The van der Waals surface area contributed by atoms with Gasteiger partial charge < -0.3 is 14.5 Å². The number of hydrogen-bond acceptors (Lipinski definition) is 6. The predicted molar refractivity (Wildman–Crippen MR) is 126 cm³/mol. The van der Waals surface area contributed by atoms with E-state index in [1.54, 1.807) is 6.07 Å². The van der Waals surface area contributed by atoms with Gasteiger partial charge in [-0.2, -0.15) is 26.3 Å². The Morgan fingerprint density at radius 3 is 2.38 bits per heavy atom. The van der Waals surface area contributed by atoms with Crippen molar-refractivity contribution < 1.29 is 53.5 Å². The average molecular weight is 615 g/mol. The molecule has 1 amide bonds. The van der Waals surface area contributed by atoms with Gasteiger partial charge in [-0.3, -0.25) is 4.79 Å². The summed E-state index contributed by atoms with van der Waals surface area (Å²) in [5.74, 6) is -2.97. The maximum atomic E-state index is 14.8. The highest BCUT2D eigenvalue weighted by Gasteiger charge is 2.64. The van der Waals surface area contributed by atoms with E-state index < -0.39 is 73.4 Å². The lowest BCUT2D eigenvalue weighted by atomic mass is 9.82. The van der Waals surface area contributed by atoms with Crippen molar-refractivity contribution in [1.29, 1.82) is 0 Å². The fourth-order valence-corrected chi connectivity index (χ4v) is 5.89. The van der Waals surface area contributed by atoms with Crippen molar-refractivity contribution in [3.05, 3.63) is 69.0 Å². The minimum Gasteiger partial charge on any atom is -0.374 e. The second-order valence-electron chi connectivity index (χ2n) is 9.92. The molecular formula is C24H18ClF7N2O5S. The fourth-order valence-electron chi connectivity index (χ4n) is 5.04. The number of rotatable bonds is 4. The van der Waals surface area contributed by atoms with Crippen molar-refractivity contribution in [2.75, 3.05) is 25.1 Å². The molecule has 5 rings (SSSR count). The van der Waals surface area contributed by atoms with E-state index in [4.69, 9.17) is 21.2 Å². The molecule has 2 aromatic carbocycles. The van der Waals surface area contributed by atoms with E-state index in [-0.39, 0.29) is 43.1 Å². The van der Waals surface area contributed by atoms with Gasteiger partial charge in [-0.25, -0.2) is 12.8 Å². The predicted octanol–water partition coefficient (Wildman–Crippen LogP) is 4.69. The molecule has 0 N–H and O–H groups in total. The molecule has 3 aliphatic heterocycles. The molecule has 0 aliphatic carbocycles. The summed E-state index contributed by atoms with van der Waals surface area (Å²) in [7, 11) is -3.53. The number of nitrogens with zero attached hydrogens (tertiary/aromatic N) is 2. The number of benzene rings is 2. The molecule has 1 atom stereocenters. The van der Waals surface area contributed by atoms with Gasteiger partial charge in [-0.1, -0.05) is 28.9 Å². The van der Waals surface area contributed by atoms with E-state index >= 15 is 0 Å². The maximum absolute atomic E-state index is 14.8. The lowest BCUT2D eigenvalue weighted by Gasteiger charge is -2.47. The molecule has 3 aliphatic rings. The highest BCUT2D eigenvalue weighted by molar-refractivity contribution is 7.91. The van der Waals surface area contributed by atoms with Gasteiger partial charge in [0.2, 0.25) is 5.91 Å². The van der Waals surface area contributed by atoms with E-state index in [0.717, 1.165) is 6.26 Å². The first kappa shape index (κ1) is 28.6. The molecule has 3 heterocycles. The Balaban J connectivity index is 1.42. The van der Waals surface area contributed by atoms with Crippen molar-refractivity contribution in [2.24, 2.45) is 5.16 Å². The Morgan fingerprint density at radius 2 is 1.77 bits per heavy atom. The van der Waals surface area contributed by atoms with Crippen LogP contribution in [0.2, 0.25) is 5.02 Å². The van der Waals surface area contributed by atoms with Crippen LogP contribution in [0.5, 0.6) is 0 Å². The van der Waals surface area contributed by atoms with E-state index in [0.29, 0.717) is 11.1 Å². The van der Waals surface area contributed by atoms with Gasteiger partial charge in [0, 0.05) is 11.8 Å². The molecule has 0 saturated carbocycles. The van der Waals surface area contributed by atoms with Gasteiger partial charge in [-0.15, -0.1) is 0 Å². The van der Waals surface area contributed by atoms with E-state index in [1.807, 2.05) is 0 Å². The standard InChI is InChI=1S/C24H18ClF7N2O5S/c1-40(36,37)9-19(35)34-10-21(11-34)15-3-2-12(4-13(15)8-38-21)18-7-22(39-33-18,24(30,31)32)16-5-14(23(27,28)29)6-17(25)20(16)26/h2-6H,7-11H2,1H3. The fraction of sp³-hybridized carbons (Fsp3) is 0.417. The summed E-state index contributed by atoms with van der Waals surface area (Å²) in [4.78, 5) is 18.2. The van der Waals surface area contributed by atoms with Crippen LogP contribution in [-0.4, -0.2) is 56.2 Å². The first-order chi connectivity index (χ1) is 18.4. The zero-order chi connectivity index (χ0) is 29.5. The summed E-state index contributed by atoms with van der Waals surface area (Å²) in [6.07, 6.45) is -10.7.